The number of hydrazone groups is 2. The molecule has 0 aliphatic heterocycles. The first kappa shape index (κ1) is 15.8. The van der Waals surface area contributed by atoms with Crippen molar-refractivity contribution in [3.8, 4) is 0 Å². The van der Waals surface area contributed by atoms with Crippen molar-refractivity contribution in [3.05, 3.63) is 71.7 Å². The molecule has 3 N–H and O–H groups in total. The lowest BCUT2D eigenvalue weighted by Gasteiger charge is -2.00. The molecule has 0 atom stereocenters. The molecule has 2 aromatic carbocycles. The van der Waals surface area contributed by atoms with E-state index >= 15 is 0 Å². The molecule has 0 spiro atoms. The summed E-state index contributed by atoms with van der Waals surface area (Å²) in [7, 11) is 0. The first-order valence-electron chi connectivity index (χ1n) is 7.16. The Hall–Kier alpha value is -3.06. The van der Waals surface area contributed by atoms with E-state index in [-0.39, 0.29) is 10.9 Å². The quantitative estimate of drug-likeness (QED) is 0.389. The molecule has 0 aliphatic rings. The SMILES string of the molecule is Fc1ccc(/C=N/NC(=S)N/N=C/c2c[nH]c3ccccc23)cc1. The highest BCUT2D eigenvalue weighted by Crippen LogP contribution is 2.15. The number of benzene rings is 2. The third kappa shape index (κ3) is 4.02. The molecule has 0 fully saturated rings. The molecule has 0 saturated carbocycles. The maximum Gasteiger partial charge on any atom is 0.207 e. The monoisotopic (exact) mass is 339 g/mol. The van der Waals surface area contributed by atoms with Crippen LogP contribution in [0, 0.1) is 5.82 Å². The summed E-state index contributed by atoms with van der Waals surface area (Å²) in [5.41, 5.74) is 8.08. The minimum atomic E-state index is -0.288. The second-order valence-corrected chi connectivity index (χ2v) is 5.32. The molecule has 120 valence electrons. The van der Waals surface area contributed by atoms with Gasteiger partial charge in [-0.25, -0.2) is 4.39 Å². The van der Waals surface area contributed by atoms with E-state index in [1.165, 1.54) is 18.3 Å². The zero-order chi connectivity index (χ0) is 16.8. The van der Waals surface area contributed by atoms with E-state index in [2.05, 4.69) is 26.0 Å². The van der Waals surface area contributed by atoms with E-state index in [4.69, 9.17) is 12.2 Å². The Morgan fingerprint density at radius 3 is 2.50 bits per heavy atom. The molecule has 0 aliphatic carbocycles. The zero-order valence-corrected chi connectivity index (χ0v) is 13.3. The van der Waals surface area contributed by atoms with Crippen LogP contribution in [-0.4, -0.2) is 22.5 Å². The van der Waals surface area contributed by atoms with Gasteiger partial charge in [0.2, 0.25) is 5.11 Å². The van der Waals surface area contributed by atoms with E-state index < -0.39 is 0 Å². The smallest absolute Gasteiger partial charge is 0.207 e. The summed E-state index contributed by atoms with van der Waals surface area (Å²) in [5, 5.41) is 9.37. The van der Waals surface area contributed by atoms with Gasteiger partial charge in [0.1, 0.15) is 5.82 Å². The normalized spacial score (nSPS) is 11.4. The predicted molar refractivity (Wildman–Crippen MR) is 98.8 cm³/mol. The number of nitrogens with zero attached hydrogens (tertiary/aromatic N) is 2. The van der Waals surface area contributed by atoms with Gasteiger partial charge in [-0.3, -0.25) is 10.9 Å². The molecule has 0 bridgehead atoms. The Balaban J connectivity index is 1.53. The molecular formula is C17H14FN5S. The number of hydrogen-bond acceptors (Lipinski definition) is 3. The van der Waals surface area contributed by atoms with Gasteiger partial charge < -0.3 is 4.98 Å². The van der Waals surface area contributed by atoms with Crippen LogP contribution in [0.25, 0.3) is 10.9 Å². The van der Waals surface area contributed by atoms with E-state index in [0.717, 1.165) is 22.0 Å². The summed E-state index contributed by atoms with van der Waals surface area (Å²) >= 11 is 5.06. The first-order chi connectivity index (χ1) is 11.7. The number of rotatable bonds is 4. The molecule has 0 radical (unpaired) electrons. The molecule has 1 heterocycles. The number of nitrogens with one attached hydrogen (secondary N) is 3. The summed E-state index contributed by atoms with van der Waals surface area (Å²) in [6.45, 7) is 0. The topological polar surface area (TPSA) is 64.6 Å². The fourth-order valence-electron chi connectivity index (χ4n) is 2.10. The van der Waals surface area contributed by atoms with Crippen molar-refractivity contribution in [2.45, 2.75) is 0 Å². The third-order valence-electron chi connectivity index (χ3n) is 3.24. The van der Waals surface area contributed by atoms with Crippen molar-refractivity contribution in [2.75, 3.05) is 0 Å². The van der Waals surface area contributed by atoms with Gasteiger partial charge in [0.05, 0.1) is 12.4 Å². The summed E-state index contributed by atoms with van der Waals surface area (Å²) in [6.07, 6.45) is 5.09. The van der Waals surface area contributed by atoms with Crippen molar-refractivity contribution in [3.63, 3.8) is 0 Å². The minimum absolute atomic E-state index is 0.254. The highest BCUT2D eigenvalue weighted by molar-refractivity contribution is 7.80. The highest BCUT2D eigenvalue weighted by Gasteiger charge is 1.99. The van der Waals surface area contributed by atoms with Gasteiger partial charge in [-0.1, -0.05) is 30.3 Å². The number of para-hydroxylation sites is 1. The number of aromatic nitrogens is 1. The van der Waals surface area contributed by atoms with Crippen LogP contribution in [0.4, 0.5) is 4.39 Å². The van der Waals surface area contributed by atoms with Crippen LogP contribution in [-0.2, 0) is 0 Å². The van der Waals surface area contributed by atoms with E-state index in [1.807, 2.05) is 30.5 Å². The minimum Gasteiger partial charge on any atom is -0.361 e. The van der Waals surface area contributed by atoms with Crippen molar-refractivity contribution < 1.29 is 4.39 Å². The summed E-state index contributed by atoms with van der Waals surface area (Å²) in [6, 6.07) is 13.9. The Kier molecular flexibility index (Phi) is 4.93. The van der Waals surface area contributed by atoms with Crippen LogP contribution in [0.3, 0.4) is 0 Å². The average molecular weight is 339 g/mol. The predicted octanol–water partition coefficient (Wildman–Crippen LogP) is 3.14. The van der Waals surface area contributed by atoms with Crippen LogP contribution in [0.15, 0.2) is 64.9 Å². The van der Waals surface area contributed by atoms with E-state index in [1.54, 1.807) is 18.3 Å². The maximum atomic E-state index is 12.8. The summed E-state index contributed by atoms with van der Waals surface area (Å²) in [5.74, 6) is -0.288. The van der Waals surface area contributed by atoms with E-state index in [0.29, 0.717) is 0 Å². The van der Waals surface area contributed by atoms with Crippen LogP contribution in [0.5, 0.6) is 0 Å². The largest absolute Gasteiger partial charge is 0.361 e. The van der Waals surface area contributed by atoms with Crippen molar-refractivity contribution in [1.82, 2.24) is 15.8 Å². The molecule has 24 heavy (non-hydrogen) atoms. The lowest BCUT2D eigenvalue weighted by molar-refractivity contribution is 0.628. The van der Waals surface area contributed by atoms with Gasteiger partial charge in [0.25, 0.3) is 0 Å². The Bertz CT molecular complexity index is 899. The number of hydrogen-bond donors (Lipinski definition) is 3. The molecule has 0 saturated heterocycles. The lowest BCUT2D eigenvalue weighted by Crippen LogP contribution is -2.28. The molecule has 1 aromatic heterocycles. The van der Waals surface area contributed by atoms with Gasteiger partial charge in [0.15, 0.2) is 0 Å². The first-order valence-corrected chi connectivity index (χ1v) is 7.57. The van der Waals surface area contributed by atoms with Gasteiger partial charge in [-0.15, -0.1) is 0 Å². The molecule has 3 aromatic rings. The van der Waals surface area contributed by atoms with Gasteiger partial charge >= 0.3 is 0 Å². The van der Waals surface area contributed by atoms with Crippen molar-refractivity contribution in [1.29, 1.82) is 0 Å². The second kappa shape index (κ2) is 7.47. The van der Waals surface area contributed by atoms with Crippen LogP contribution in [0.1, 0.15) is 11.1 Å². The third-order valence-corrected chi connectivity index (χ3v) is 3.42. The van der Waals surface area contributed by atoms with Gasteiger partial charge in [-0.05, 0) is 36.0 Å². The zero-order valence-electron chi connectivity index (χ0n) is 12.5. The number of H-pyrrole nitrogens is 1. The lowest BCUT2D eigenvalue weighted by atomic mass is 10.2. The average Bonchev–Trinajstić information content (AvgIpc) is 3.00. The summed E-state index contributed by atoms with van der Waals surface area (Å²) in [4.78, 5) is 3.16. The molecule has 0 amide bonds. The van der Waals surface area contributed by atoms with Crippen molar-refractivity contribution in [2.24, 2.45) is 10.2 Å². The van der Waals surface area contributed by atoms with Gasteiger partial charge in [0, 0.05) is 22.7 Å². The molecule has 3 rings (SSSR count). The molecular weight excluding hydrogens is 325 g/mol. The number of thiocarbonyl (C=S) groups is 1. The number of halogens is 1. The van der Waals surface area contributed by atoms with E-state index in [9.17, 15) is 4.39 Å². The highest BCUT2D eigenvalue weighted by atomic mass is 32.1. The van der Waals surface area contributed by atoms with Gasteiger partial charge in [-0.2, -0.15) is 10.2 Å². The molecule has 0 unspecified atom stereocenters. The van der Waals surface area contributed by atoms with Crippen LogP contribution < -0.4 is 10.9 Å². The molecule has 7 heteroatoms. The van der Waals surface area contributed by atoms with Crippen molar-refractivity contribution >= 4 is 40.7 Å². The maximum absolute atomic E-state index is 12.8. The fourth-order valence-corrected chi connectivity index (χ4v) is 2.21. The summed E-state index contributed by atoms with van der Waals surface area (Å²) < 4.78 is 12.8. The standard InChI is InChI=1S/C17H14FN5S/c18-14-7-5-12(6-8-14)9-20-22-17(24)23-21-11-13-10-19-16-4-2-1-3-15(13)16/h1-11,19H,(H2,22,23,24)/b20-9+,21-11+. The Labute approximate surface area is 143 Å². The second-order valence-electron chi connectivity index (χ2n) is 4.91. The van der Waals surface area contributed by atoms with Crippen LogP contribution >= 0.6 is 12.2 Å². The Morgan fingerprint density at radius 2 is 1.71 bits per heavy atom. The number of aromatic amines is 1. The molecule has 5 nitrogen and oxygen atoms in total. The fraction of sp³-hybridized carbons (Fsp3) is 0. The van der Waals surface area contributed by atoms with Crippen LogP contribution in [0.2, 0.25) is 0 Å². The number of fused-ring (bicyclic) bond motifs is 1. The Morgan fingerprint density at radius 1 is 1.00 bits per heavy atom.